The summed E-state index contributed by atoms with van der Waals surface area (Å²) in [7, 11) is 0. The molecular formula is C29H30N6O2. The van der Waals surface area contributed by atoms with Crippen LogP contribution in [0.1, 0.15) is 19.8 Å². The fourth-order valence-corrected chi connectivity index (χ4v) is 4.03. The normalized spacial score (nSPS) is 12.4. The number of aromatic nitrogens is 2. The van der Waals surface area contributed by atoms with E-state index in [1.165, 1.54) is 18.9 Å². The van der Waals surface area contributed by atoms with Crippen molar-refractivity contribution in [1.29, 1.82) is 0 Å². The van der Waals surface area contributed by atoms with E-state index in [1.807, 2.05) is 71.6 Å². The van der Waals surface area contributed by atoms with Gasteiger partial charge in [0.15, 0.2) is 0 Å². The highest BCUT2D eigenvalue weighted by atomic mass is 16.2. The maximum absolute atomic E-state index is 11.6. The third-order valence-electron chi connectivity index (χ3n) is 5.96. The van der Waals surface area contributed by atoms with Gasteiger partial charge < -0.3 is 21.3 Å². The first-order chi connectivity index (χ1) is 17.9. The molecule has 37 heavy (non-hydrogen) atoms. The molecule has 0 radical (unpaired) electrons. The second-order valence-electron chi connectivity index (χ2n) is 8.67. The summed E-state index contributed by atoms with van der Waals surface area (Å²) in [6.07, 6.45) is 5.42. The zero-order valence-electron chi connectivity index (χ0n) is 20.8. The molecule has 0 aliphatic carbocycles. The van der Waals surface area contributed by atoms with Gasteiger partial charge in [-0.15, -0.1) is 0 Å². The van der Waals surface area contributed by atoms with Crippen molar-refractivity contribution < 1.29 is 9.59 Å². The van der Waals surface area contributed by atoms with Crippen LogP contribution in [0.15, 0.2) is 85.6 Å². The molecule has 2 amide bonds. The number of nitrogens with zero attached hydrogens (tertiary/aromatic N) is 3. The Morgan fingerprint density at radius 2 is 1.73 bits per heavy atom. The van der Waals surface area contributed by atoms with E-state index in [9.17, 15) is 9.59 Å². The van der Waals surface area contributed by atoms with E-state index in [2.05, 4.69) is 22.2 Å². The zero-order chi connectivity index (χ0) is 26.2. The molecule has 0 bridgehead atoms. The van der Waals surface area contributed by atoms with Crippen molar-refractivity contribution in [2.45, 2.75) is 19.8 Å². The third-order valence-corrected chi connectivity index (χ3v) is 5.96. The van der Waals surface area contributed by atoms with Gasteiger partial charge >= 0.3 is 0 Å². The standard InChI is InChI=1S/C23H19N5O.C6H11NO/c1-2-21(29)26-19-7-3-5-15(13-19)20-8-4-6-16-14-25-23(28-22(16)20)27-18-11-9-17(24)10-12-18;1-6(8)7-4-2-3-5-7/h2-14H,1,24H2,(H,26,29)(H,25,27,28);2-5H2,1H3. The highest BCUT2D eigenvalue weighted by molar-refractivity contribution is 6.00. The lowest BCUT2D eigenvalue weighted by atomic mass is 10.0. The maximum atomic E-state index is 11.6. The molecule has 8 heteroatoms. The minimum absolute atomic E-state index is 0.225. The molecule has 0 spiro atoms. The van der Waals surface area contributed by atoms with Crippen LogP contribution in [0, 0.1) is 0 Å². The lowest BCUT2D eigenvalue weighted by molar-refractivity contribution is -0.127. The van der Waals surface area contributed by atoms with Gasteiger partial charge in [-0.2, -0.15) is 0 Å². The number of hydrogen-bond donors (Lipinski definition) is 3. The molecule has 1 aromatic heterocycles. The average molecular weight is 495 g/mol. The van der Waals surface area contributed by atoms with Crippen LogP contribution in [0.4, 0.5) is 23.0 Å². The van der Waals surface area contributed by atoms with E-state index in [4.69, 9.17) is 10.7 Å². The third kappa shape index (κ3) is 6.70. The predicted molar refractivity (Wildman–Crippen MR) is 149 cm³/mol. The summed E-state index contributed by atoms with van der Waals surface area (Å²) >= 11 is 0. The average Bonchev–Trinajstić information content (AvgIpc) is 3.46. The Labute approximate surface area is 216 Å². The first-order valence-corrected chi connectivity index (χ1v) is 12.1. The van der Waals surface area contributed by atoms with Crippen molar-refractivity contribution in [1.82, 2.24) is 14.9 Å². The topological polar surface area (TPSA) is 113 Å². The van der Waals surface area contributed by atoms with Gasteiger partial charge in [-0.05, 0) is 60.9 Å². The number of nitrogens with two attached hydrogens (primary N) is 1. The largest absolute Gasteiger partial charge is 0.399 e. The number of nitrogens with one attached hydrogen (secondary N) is 2. The SMILES string of the molecule is C=CC(=O)Nc1cccc(-c2cccc3cnc(Nc4ccc(N)cc4)nc23)c1.CC(=O)N1CCCC1. The zero-order valence-corrected chi connectivity index (χ0v) is 20.8. The number of para-hydroxylation sites is 1. The van der Waals surface area contributed by atoms with Gasteiger partial charge in [-0.25, -0.2) is 9.97 Å². The number of likely N-dealkylation sites (tertiary alicyclic amines) is 1. The molecule has 4 N–H and O–H groups in total. The van der Waals surface area contributed by atoms with E-state index >= 15 is 0 Å². The van der Waals surface area contributed by atoms with E-state index in [1.54, 1.807) is 13.1 Å². The first-order valence-electron chi connectivity index (χ1n) is 12.1. The number of nitrogen functional groups attached to an aromatic ring is 1. The Morgan fingerprint density at radius 3 is 2.41 bits per heavy atom. The summed E-state index contributed by atoms with van der Waals surface area (Å²) in [5, 5.41) is 6.91. The second kappa shape index (κ2) is 11.8. The monoisotopic (exact) mass is 494 g/mol. The number of carbonyl (C=O) groups is 2. The van der Waals surface area contributed by atoms with Crippen LogP contribution in [-0.2, 0) is 9.59 Å². The summed E-state index contributed by atoms with van der Waals surface area (Å²) in [6, 6.07) is 20.9. The van der Waals surface area contributed by atoms with Crippen LogP contribution >= 0.6 is 0 Å². The molecule has 188 valence electrons. The van der Waals surface area contributed by atoms with Crippen molar-refractivity contribution >= 4 is 45.7 Å². The highest BCUT2D eigenvalue weighted by Gasteiger charge is 2.12. The number of amides is 2. The van der Waals surface area contributed by atoms with Crippen molar-refractivity contribution in [2.75, 3.05) is 29.5 Å². The molecule has 1 saturated heterocycles. The predicted octanol–water partition coefficient (Wildman–Crippen LogP) is 5.38. The number of fused-ring (bicyclic) bond motifs is 1. The molecule has 1 fully saturated rings. The fourth-order valence-electron chi connectivity index (χ4n) is 4.03. The quantitative estimate of drug-likeness (QED) is 0.254. The van der Waals surface area contributed by atoms with Crippen LogP contribution < -0.4 is 16.4 Å². The minimum Gasteiger partial charge on any atom is -0.399 e. The van der Waals surface area contributed by atoms with Crippen LogP contribution in [0.25, 0.3) is 22.0 Å². The number of carbonyl (C=O) groups excluding carboxylic acids is 2. The van der Waals surface area contributed by atoms with Gasteiger partial charge in [0, 0.05) is 54.2 Å². The molecule has 4 aromatic rings. The molecule has 0 atom stereocenters. The molecular weight excluding hydrogens is 464 g/mol. The van der Waals surface area contributed by atoms with E-state index in [0.717, 1.165) is 40.8 Å². The molecule has 3 aromatic carbocycles. The van der Waals surface area contributed by atoms with Gasteiger partial charge in [0.05, 0.1) is 5.52 Å². The molecule has 2 heterocycles. The van der Waals surface area contributed by atoms with Crippen LogP contribution in [0.2, 0.25) is 0 Å². The number of anilines is 4. The lowest BCUT2D eigenvalue weighted by Gasteiger charge is -2.10. The van der Waals surface area contributed by atoms with Crippen molar-refractivity contribution in [3.05, 3.63) is 85.6 Å². The molecule has 8 nitrogen and oxygen atoms in total. The Bertz CT molecular complexity index is 1410. The Balaban J connectivity index is 0.000000342. The lowest BCUT2D eigenvalue weighted by Crippen LogP contribution is -2.24. The van der Waals surface area contributed by atoms with Crippen LogP contribution in [-0.4, -0.2) is 39.8 Å². The smallest absolute Gasteiger partial charge is 0.247 e. The summed E-state index contributed by atoms with van der Waals surface area (Å²) in [5.74, 6) is 0.464. The Morgan fingerprint density at radius 1 is 1.00 bits per heavy atom. The second-order valence-corrected chi connectivity index (χ2v) is 8.67. The van der Waals surface area contributed by atoms with Gasteiger partial charge in [-0.1, -0.05) is 36.9 Å². The van der Waals surface area contributed by atoms with Crippen LogP contribution in [0.5, 0.6) is 0 Å². The summed E-state index contributed by atoms with van der Waals surface area (Å²) in [5.41, 5.74) is 10.7. The fraction of sp³-hybridized carbons (Fsp3) is 0.172. The molecule has 5 rings (SSSR count). The van der Waals surface area contributed by atoms with Crippen molar-refractivity contribution in [2.24, 2.45) is 0 Å². The van der Waals surface area contributed by atoms with Crippen molar-refractivity contribution in [3.8, 4) is 11.1 Å². The summed E-state index contributed by atoms with van der Waals surface area (Å²) in [6.45, 7) is 7.08. The van der Waals surface area contributed by atoms with Crippen LogP contribution in [0.3, 0.4) is 0 Å². The summed E-state index contributed by atoms with van der Waals surface area (Å²) in [4.78, 5) is 33.2. The molecule has 0 saturated carbocycles. The molecule has 0 unspecified atom stereocenters. The molecule has 1 aliphatic rings. The Kier molecular flexibility index (Phi) is 8.10. The number of benzene rings is 3. The minimum atomic E-state index is -0.252. The maximum Gasteiger partial charge on any atom is 0.247 e. The van der Waals surface area contributed by atoms with Gasteiger partial charge in [0.25, 0.3) is 0 Å². The van der Waals surface area contributed by atoms with E-state index < -0.39 is 0 Å². The Hall–Kier alpha value is -4.72. The van der Waals surface area contributed by atoms with E-state index in [-0.39, 0.29) is 11.8 Å². The van der Waals surface area contributed by atoms with Gasteiger partial charge in [0.1, 0.15) is 0 Å². The number of rotatable bonds is 5. The molecule has 1 aliphatic heterocycles. The first kappa shape index (κ1) is 25.4. The van der Waals surface area contributed by atoms with E-state index in [0.29, 0.717) is 17.3 Å². The number of hydrogen-bond acceptors (Lipinski definition) is 6. The van der Waals surface area contributed by atoms with Gasteiger partial charge in [-0.3, -0.25) is 9.59 Å². The highest BCUT2D eigenvalue weighted by Crippen LogP contribution is 2.30. The van der Waals surface area contributed by atoms with Crippen molar-refractivity contribution in [3.63, 3.8) is 0 Å². The summed E-state index contributed by atoms with van der Waals surface area (Å²) < 4.78 is 0. The van der Waals surface area contributed by atoms with Gasteiger partial charge in [0.2, 0.25) is 17.8 Å².